The highest BCUT2D eigenvalue weighted by atomic mass is 14.9. The van der Waals surface area contributed by atoms with E-state index in [0.717, 1.165) is 6.04 Å². The van der Waals surface area contributed by atoms with E-state index < -0.39 is 0 Å². The lowest BCUT2D eigenvalue weighted by atomic mass is 10.0. The van der Waals surface area contributed by atoms with Crippen molar-refractivity contribution in [3.05, 3.63) is 0 Å². The molecule has 1 heteroatoms. The van der Waals surface area contributed by atoms with Gasteiger partial charge in [-0.05, 0) is 25.8 Å². The summed E-state index contributed by atoms with van der Waals surface area (Å²) in [6.07, 6.45) is 19.8. The maximum absolute atomic E-state index is 3.70. The molecular weight excluding hydrogens is 242 g/mol. The Morgan fingerprint density at radius 1 is 0.550 bits per heavy atom. The van der Waals surface area contributed by atoms with Gasteiger partial charge in [0.25, 0.3) is 0 Å². The fourth-order valence-corrected chi connectivity index (χ4v) is 2.92. The predicted molar refractivity (Wildman–Crippen MR) is 93.5 cm³/mol. The molecule has 0 radical (unpaired) electrons. The van der Waals surface area contributed by atoms with Crippen LogP contribution < -0.4 is 5.32 Å². The minimum atomic E-state index is 0.786. The van der Waals surface area contributed by atoms with Crippen LogP contribution in [0.2, 0.25) is 0 Å². The molecule has 0 aliphatic rings. The van der Waals surface area contributed by atoms with Gasteiger partial charge in [-0.15, -0.1) is 0 Å². The summed E-state index contributed by atoms with van der Waals surface area (Å²) in [5, 5.41) is 3.70. The predicted octanol–water partition coefficient (Wildman–Crippen LogP) is 6.47. The van der Waals surface area contributed by atoms with E-state index in [1.807, 2.05) is 0 Å². The molecule has 0 heterocycles. The number of hydrogen-bond donors (Lipinski definition) is 1. The Morgan fingerprint density at radius 2 is 1.10 bits per heavy atom. The minimum absolute atomic E-state index is 0.786. The molecule has 1 nitrogen and oxygen atoms in total. The van der Waals surface area contributed by atoms with Gasteiger partial charge in [0.05, 0.1) is 0 Å². The molecule has 20 heavy (non-hydrogen) atoms. The van der Waals surface area contributed by atoms with Crippen LogP contribution in [0.5, 0.6) is 0 Å². The summed E-state index contributed by atoms with van der Waals surface area (Å²) in [7, 11) is 0. The standard InChI is InChI=1S/C19H41N/c1-4-7-8-9-10-11-12-13-14-15-17-19(16-5-2)20-18-6-3/h19-20H,4-18H2,1-3H3. The van der Waals surface area contributed by atoms with Crippen molar-refractivity contribution in [2.75, 3.05) is 6.54 Å². The van der Waals surface area contributed by atoms with E-state index in [-0.39, 0.29) is 0 Å². The minimum Gasteiger partial charge on any atom is -0.314 e. The van der Waals surface area contributed by atoms with E-state index >= 15 is 0 Å². The fraction of sp³-hybridized carbons (Fsp3) is 1.00. The van der Waals surface area contributed by atoms with Crippen molar-refractivity contribution in [1.29, 1.82) is 0 Å². The molecule has 0 spiro atoms. The van der Waals surface area contributed by atoms with Crippen LogP contribution in [0.15, 0.2) is 0 Å². The van der Waals surface area contributed by atoms with Crippen molar-refractivity contribution in [3.63, 3.8) is 0 Å². The highest BCUT2D eigenvalue weighted by Crippen LogP contribution is 2.13. The van der Waals surface area contributed by atoms with Crippen LogP contribution >= 0.6 is 0 Å². The molecule has 1 N–H and O–H groups in total. The lowest BCUT2D eigenvalue weighted by Crippen LogP contribution is -2.29. The van der Waals surface area contributed by atoms with Gasteiger partial charge >= 0.3 is 0 Å². The molecule has 0 saturated heterocycles. The third kappa shape index (κ3) is 14.4. The second-order valence-electron chi connectivity index (χ2n) is 6.41. The second-order valence-corrected chi connectivity index (χ2v) is 6.41. The smallest absolute Gasteiger partial charge is 0.00669 e. The summed E-state index contributed by atoms with van der Waals surface area (Å²) in [4.78, 5) is 0. The molecular formula is C19H41N. The van der Waals surface area contributed by atoms with Crippen LogP contribution in [0.4, 0.5) is 0 Å². The van der Waals surface area contributed by atoms with Crippen LogP contribution in [-0.2, 0) is 0 Å². The molecule has 0 saturated carbocycles. The third-order valence-electron chi connectivity index (χ3n) is 4.23. The van der Waals surface area contributed by atoms with Gasteiger partial charge in [-0.25, -0.2) is 0 Å². The molecule has 0 aromatic carbocycles. The summed E-state index contributed by atoms with van der Waals surface area (Å²) in [6.45, 7) is 8.05. The first-order chi connectivity index (χ1) is 9.85. The molecule has 1 unspecified atom stereocenters. The zero-order valence-electron chi connectivity index (χ0n) is 14.7. The van der Waals surface area contributed by atoms with E-state index in [9.17, 15) is 0 Å². The summed E-state index contributed by atoms with van der Waals surface area (Å²) >= 11 is 0. The molecule has 1 atom stereocenters. The van der Waals surface area contributed by atoms with Gasteiger partial charge in [-0.2, -0.15) is 0 Å². The Balaban J connectivity index is 3.27. The molecule has 0 aromatic rings. The Bertz CT molecular complexity index is 167. The number of unbranched alkanes of at least 4 members (excludes halogenated alkanes) is 9. The summed E-state index contributed by atoms with van der Waals surface area (Å²) in [5.74, 6) is 0. The average Bonchev–Trinajstić information content (AvgIpc) is 2.46. The van der Waals surface area contributed by atoms with Crippen molar-refractivity contribution < 1.29 is 0 Å². The average molecular weight is 284 g/mol. The van der Waals surface area contributed by atoms with Gasteiger partial charge in [0.1, 0.15) is 0 Å². The monoisotopic (exact) mass is 283 g/mol. The SMILES string of the molecule is CCCCCCCCCCCCC(CCC)NCCC. The van der Waals surface area contributed by atoms with E-state index in [1.54, 1.807) is 0 Å². The van der Waals surface area contributed by atoms with Crippen LogP contribution in [0.3, 0.4) is 0 Å². The van der Waals surface area contributed by atoms with Crippen LogP contribution in [0.25, 0.3) is 0 Å². The van der Waals surface area contributed by atoms with Gasteiger partial charge in [-0.1, -0.05) is 91.4 Å². The highest BCUT2D eigenvalue weighted by molar-refractivity contribution is 4.66. The van der Waals surface area contributed by atoms with Crippen molar-refractivity contribution in [2.45, 2.75) is 117 Å². The van der Waals surface area contributed by atoms with E-state index in [4.69, 9.17) is 0 Å². The third-order valence-corrected chi connectivity index (χ3v) is 4.23. The lowest BCUT2D eigenvalue weighted by Gasteiger charge is -2.17. The summed E-state index contributed by atoms with van der Waals surface area (Å²) < 4.78 is 0. The number of nitrogens with one attached hydrogen (secondary N) is 1. The van der Waals surface area contributed by atoms with Crippen molar-refractivity contribution in [1.82, 2.24) is 5.32 Å². The summed E-state index contributed by atoms with van der Waals surface area (Å²) in [6, 6.07) is 0.786. The number of rotatable bonds is 16. The Kier molecular flexibility index (Phi) is 17.0. The van der Waals surface area contributed by atoms with E-state index in [2.05, 4.69) is 26.1 Å². The van der Waals surface area contributed by atoms with E-state index in [1.165, 1.54) is 96.4 Å². The van der Waals surface area contributed by atoms with Gasteiger partial charge in [0.2, 0.25) is 0 Å². The molecule has 0 aliphatic carbocycles. The quantitative estimate of drug-likeness (QED) is 0.320. The molecule has 0 aliphatic heterocycles. The molecule has 0 bridgehead atoms. The van der Waals surface area contributed by atoms with Crippen molar-refractivity contribution in [2.24, 2.45) is 0 Å². The van der Waals surface area contributed by atoms with Gasteiger partial charge < -0.3 is 5.32 Å². The van der Waals surface area contributed by atoms with Gasteiger partial charge in [-0.3, -0.25) is 0 Å². The maximum Gasteiger partial charge on any atom is 0.00669 e. The normalized spacial score (nSPS) is 12.8. The number of hydrogen-bond acceptors (Lipinski definition) is 1. The van der Waals surface area contributed by atoms with Gasteiger partial charge in [0, 0.05) is 6.04 Å². The maximum atomic E-state index is 3.70. The fourth-order valence-electron chi connectivity index (χ4n) is 2.92. The molecule has 122 valence electrons. The Labute approximate surface area is 129 Å². The van der Waals surface area contributed by atoms with Crippen LogP contribution in [-0.4, -0.2) is 12.6 Å². The molecule has 0 fully saturated rings. The topological polar surface area (TPSA) is 12.0 Å². The lowest BCUT2D eigenvalue weighted by molar-refractivity contribution is 0.426. The highest BCUT2D eigenvalue weighted by Gasteiger charge is 2.05. The first kappa shape index (κ1) is 20.0. The molecule has 0 amide bonds. The van der Waals surface area contributed by atoms with Crippen molar-refractivity contribution >= 4 is 0 Å². The zero-order chi connectivity index (χ0) is 14.9. The Hall–Kier alpha value is -0.0400. The summed E-state index contributed by atoms with van der Waals surface area (Å²) in [5.41, 5.74) is 0. The van der Waals surface area contributed by atoms with Crippen LogP contribution in [0.1, 0.15) is 111 Å². The van der Waals surface area contributed by atoms with Crippen molar-refractivity contribution in [3.8, 4) is 0 Å². The second kappa shape index (κ2) is 17.0. The first-order valence-electron chi connectivity index (χ1n) is 9.58. The van der Waals surface area contributed by atoms with Gasteiger partial charge in [0.15, 0.2) is 0 Å². The molecule has 0 aromatic heterocycles. The van der Waals surface area contributed by atoms with E-state index in [0.29, 0.717) is 0 Å². The molecule has 0 rings (SSSR count). The largest absolute Gasteiger partial charge is 0.314 e. The van der Waals surface area contributed by atoms with Crippen LogP contribution in [0, 0.1) is 0 Å². The first-order valence-corrected chi connectivity index (χ1v) is 9.58. The zero-order valence-corrected chi connectivity index (χ0v) is 14.7. The Morgan fingerprint density at radius 3 is 1.60 bits per heavy atom.